The number of benzene rings is 1. The summed E-state index contributed by atoms with van der Waals surface area (Å²) in [5.41, 5.74) is 0.951. The molecule has 142 valence electrons. The van der Waals surface area contributed by atoms with Gasteiger partial charge >= 0.3 is 0 Å². The Morgan fingerprint density at radius 2 is 1.54 bits per heavy atom. The van der Waals surface area contributed by atoms with Crippen molar-refractivity contribution in [2.24, 2.45) is 0 Å². The Balaban J connectivity index is 0.00000243. The van der Waals surface area contributed by atoms with Crippen molar-refractivity contribution in [2.75, 3.05) is 45.8 Å². The summed E-state index contributed by atoms with van der Waals surface area (Å²) in [5, 5.41) is 0.683. The molecule has 2 amide bonds. The van der Waals surface area contributed by atoms with Gasteiger partial charge in [0.2, 0.25) is 11.8 Å². The first-order valence-electron chi connectivity index (χ1n) is 8.84. The summed E-state index contributed by atoms with van der Waals surface area (Å²) in [4.78, 5) is 30.4. The van der Waals surface area contributed by atoms with Gasteiger partial charge < -0.3 is 9.80 Å². The molecule has 0 N–H and O–H groups in total. The normalized spacial score (nSPS) is 18.2. The molecule has 0 spiro atoms. The fraction of sp³-hybridized carbons (Fsp3) is 0.474. The maximum absolute atomic E-state index is 12.3. The Hall–Kier alpha value is -1.56. The van der Waals surface area contributed by atoms with Crippen molar-refractivity contribution in [3.8, 4) is 0 Å². The number of nitrogens with zero attached hydrogens (tertiary/aromatic N) is 3. The molecule has 2 aliphatic heterocycles. The highest BCUT2D eigenvalue weighted by Crippen LogP contribution is 2.12. The van der Waals surface area contributed by atoms with Crippen LogP contribution in [0.2, 0.25) is 5.02 Å². The van der Waals surface area contributed by atoms with E-state index < -0.39 is 0 Å². The number of hydrogen-bond acceptors (Lipinski definition) is 3. The first kappa shape index (κ1) is 20.7. The third-order valence-corrected chi connectivity index (χ3v) is 5.04. The Bertz CT molecular complexity index is 635. The fourth-order valence-corrected chi connectivity index (χ4v) is 3.36. The summed E-state index contributed by atoms with van der Waals surface area (Å²) in [6.07, 6.45) is 5.65. The van der Waals surface area contributed by atoms with E-state index in [1.54, 1.807) is 6.08 Å². The summed E-state index contributed by atoms with van der Waals surface area (Å²) in [7, 11) is 0. The SMILES string of the molecule is Cl.O=C(/C=C/c1ccc(Cl)cc1)N1CCN(CC(=O)N2CCCC2)CC1. The third kappa shape index (κ3) is 5.73. The van der Waals surface area contributed by atoms with Gasteiger partial charge in [-0.2, -0.15) is 0 Å². The number of amides is 2. The molecule has 0 saturated carbocycles. The molecular weight excluding hydrogens is 373 g/mol. The van der Waals surface area contributed by atoms with E-state index in [1.165, 1.54) is 0 Å². The molecule has 2 saturated heterocycles. The van der Waals surface area contributed by atoms with Crippen LogP contribution in [-0.2, 0) is 9.59 Å². The lowest BCUT2D eigenvalue weighted by molar-refractivity contribution is -0.132. The summed E-state index contributed by atoms with van der Waals surface area (Å²) < 4.78 is 0. The van der Waals surface area contributed by atoms with E-state index in [0.717, 1.165) is 44.6 Å². The minimum Gasteiger partial charge on any atom is -0.342 e. The van der Waals surface area contributed by atoms with Gasteiger partial charge in [-0.1, -0.05) is 23.7 Å². The van der Waals surface area contributed by atoms with Crippen molar-refractivity contribution in [3.05, 3.63) is 40.9 Å². The molecule has 1 aromatic carbocycles. The van der Waals surface area contributed by atoms with Gasteiger partial charge in [-0.15, -0.1) is 12.4 Å². The number of likely N-dealkylation sites (tertiary alicyclic amines) is 1. The lowest BCUT2D eigenvalue weighted by atomic mass is 10.2. The molecule has 26 heavy (non-hydrogen) atoms. The van der Waals surface area contributed by atoms with Crippen LogP contribution >= 0.6 is 24.0 Å². The number of hydrogen-bond donors (Lipinski definition) is 0. The maximum Gasteiger partial charge on any atom is 0.246 e. The molecule has 7 heteroatoms. The number of piperazine rings is 1. The second-order valence-electron chi connectivity index (χ2n) is 6.57. The van der Waals surface area contributed by atoms with Crippen LogP contribution in [0.3, 0.4) is 0 Å². The highest BCUT2D eigenvalue weighted by atomic mass is 35.5. The maximum atomic E-state index is 12.3. The Kier molecular flexibility index (Phi) is 7.94. The number of carbonyl (C=O) groups is 2. The Morgan fingerprint density at radius 1 is 0.923 bits per heavy atom. The Morgan fingerprint density at radius 3 is 2.15 bits per heavy atom. The van der Waals surface area contributed by atoms with Crippen LogP contribution < -0.4 is 0 Å². The van der Waals surface area contributed by atoms with Crippen LogP contribution in [0.4, 0.5) is 0 Å². The third-order valence-electron chi connectivity index (χ3n) is 4.79. The van der Waals surface area contributed by atoms with Gasteiger partial charge in [0, 0.05) is 50.4 Å². The van der Waals surface area contributed by atoms with Crippen molar-refractivity contribution in [1.29, 1.82) is 0 Å². The molecule has 2 aliphatic rings. The number of rotatable bonds is 4. The van der Waals surface area contributed by atoms with Gasteiger partial charge in [0.05, 0.1) is 6.54 Å². The number of halogens is 2. The zero-order chi connectivity index (χ0) is 17.6. The minimum absolute atomic E-state index is 0. The first-order valence-corrected chi connectivity index (χ1v) is 9.22. The van der Waals surface area contributed by atoms with E-state index in [9.17, 15) is 9.59 Å². The molecule has 0 atom stereocenters. The molecule has 0 aromatic heterocycles. The topological polar surface area (TPSA) is 43.9 Å². The van der Waals surface area contributed by atoms with Crippen molar-refractivity contribution < 1.29 is 9.59 Å². The first-order chi connectivity index (χ1) is 12.1. The van der Waals surface area contributed by atoms with Crippen molar-refractivity contribution in [3.63, 3.8) is 0 Å². The van der Waals surface area contributed by atoms with E-state index in [-0.39, 0.29) is 24.2 Å². The van der Waals surface area contributed by atoms with Gasteiger partial charge in [0.25, 0.3) is 0 Å². The van der Waals surface area contributed by atoms with Gasteiger partial charge in [0.15, 0.2) is 0 Å². The average molecular weight is 398 g/mol. The molecule has 0 aliphatic carbocycles. The highest BCUT2D eigenvalue weighted by molar-refractivity contribution is 6.30. The molecule has 0 bridgehead atoms. The highest BCUT2D eigenvalue weighted by Gasteiger charge is 2.24. The summed E-state index contributed by atoms with van der Waals surface area (Å²) in [6, 6.07) is 7.38. The molecule has 2 fully saturated rings. The van der Waals surface area contributed by atoms with Crippen LogP contribution in [0.5, 0.6) is 0 Å². The van der Waals surface area contributed by atoms with Crippen molar-refractivity contribution in [1.82, 2.24) is 14.7 Å². The second kappa shape index (κ2) is 9.95. The van der Waals surface area contributed by atoms with Crippen molar-refractivity contribution in [2.45, 2.75) is 12.8 Å². The molecule has 3 rings (SSSR count). The molecule has 1 aromatic rings. The lowest BCUT2D eigenvalue weighted by Gasteiger charge is -2.34. The van der Waals surface area contributed by atoms with E-state index in [0.29, 0.717) is 24.7 Å². The van der Waals surface area contributed by atoms with Crippen LogP contribution in [-0.4, -0.2) is 72.3 Å². The van der Waals surface area contributed by atoms with Gasteiger partial charge in [-0.25, -0.2) is 0 Å². The summed E-state index contributed by atoms with van der Waals surface area (Å²) in [5.74, 6) is 0.236. The zero-order valence-electron chi connectivity index (χ0n) is 14.8. The predicted octanol–water partition coefficient (Wildman–Crippen LogP) is 2.54. The van der Waals surface area contributed by atoms with Crippen LogP contribution in [0.15, 0.2) is 30.3 Å². The van der Waals surface area contributed by atoms with Gasteiger partial charge in [-0.05, 0) is 36.6 Å². The fourth-order valence-electron chi connectivity index (χ4n) is 3.23. The smallest absolute Gasteiger partial charge is 0.246 e. The van der Waals surface area contributed by atoms with E-state index in [4.69, 9.17) is 11.6 Å². The summed E-state index contributed by atoms with van der Waals surface area (Å²) >= 11 is 5.86. The predicted molar refractivity (Wildman–Crippen MR) is 107 cm³/mol. The lowest BCUT2D eigenvalue weighted by Crippen LogP contribution is -2.51. The van der Waals surface area contributed by atoms with E-state index >= 15 is 0 Å². The average Bonchev–Trinajstić information content (AvgIpc) is 3.16. The van der Waals surface area contributed by atoms with Crippen LogP contribution in [0, 0.1) is 0 Å². The van der Waals surface area contributed by atoms with E-state index in [2.05, 4.69) is 4.90 Å². The van der Waals surface area contributed by atoms with E-state index in [1.807, 2.05) is 40.1 Å². The van der Waals surface area contributed by atoms with Crippen molar-refractivity contribution >= 4 is 41.9 Å². The van der Waals surface area contributed by atoms with Crippen LogP contribution in [0.25, 0.3) is 6.08 Å². The second-order valence-corrected chi connectivity index (χ2v) is 7.01. The quantitative estimate of drug-likeness (QED) is 0.733. The van der Waals surface area contributed by atoms with Crippen LogP contribution in [0.1, 0.15) is 18.4 Å². The molecular formula is C19H25Cl2N3O2. The standard InChI is InChI=1S/C19H24ClN3O2.ClH/c20-17-6-3-16(4-7-17)5-8-18(24)23-13-11-21(12-14-23)15-19(25)22-9-1-2-10-22;/h3-8H,1-2,9-15H2;1H/b8-5+;. The monoisotopic (exact) mass is 397 g/mol. The molecule has 5 nitrogen and oxygen atoms in total. The summed E-state index contributed by atoms with van der Waals surface area (Å²) in [6.45, 7) is 5.09. The molecule has 0 unspecified atom stereocenters. The number of carbonyl (C=O) groups excluding carboxylic acids is 2. The van der Waals surface area contributed by atoms with Gasteiger partial charge in [0.1, 0.15) is 0 Å². The molecule has 2 heterocycles. The largest absolute Gasteiger partial charge is 0.342 e. The van der Waals surface area contributed by atoms with Gasteiger partial charge in [-0.3, -0.25) is 14.5 Å². The zero-order valence-corrected chi connectivity index (χ0v) is 16.3. The molecule has 0 radical (unpaired) electrons. The minimum atomic E-state index is 0. The Labute approximate surface area is 166 Å².